The van der Waals surface area contributed by atoms with Gasteiger partial charge in [-0.1, -0.05) is 13.0 Å². The molecule has 3 nitrogen and oxygen atoms in total. The molecule has 1 aliphatic heterocycles. The lowest BCUT2D eigenvalue weighted by atomic mass is 10.0. The number of nitrogens with one attached hydrogen (secondary N) is 1. The first kappa shape index (κ1) is 7.41. The van der Waals surface area contributed by atoms with Gasteiger partial charge in [-0.25, -0.2) is 0 Å². The maximum Gasteiger partial charge on any atom is 0.231 e. The molecule has 0 fully saturated rings. The quantitative estimate of drug-likeness (QED) is 0.888. The Morgan fingerprint density at radius 2 is 2.31 bits per heavy atom. The van der Waals surface area contributed by atoms with E-state index in [-0.39, 0.29) is 18.4 Å². The maximum absolute atomic E-state index is 7.37. The molecule has 0 amide bonds. The van der Waals surface area contributed by atoms with E-state index >= 15 is 0 Å². The molecule has 0 bridgehead atoms. The van der Waals surface area contributed by atoms with Gasteiger partial charge in [-0.05, 0) is 37.5 Å². The van der Waals surface area contributed by atoms with Gasteiger partial charge in [-0.3, -0.25) is 0 Å². The fraction of sp³-hybridized carbons (Fsp3) is 0.500. The molecule has 2 rings (SSSR count). The lowest BCUT2D eigenvalue weighted by Crippen LogP contribution is -2.26. The zero-order valence-corrected chi connectivity index (χ0v) is 9.76. The molecule has 0 saturated carbocycles. The normalized spacial score (nSPS) is 22.9. The largest absolute Gasteiger partial charge is 0.454 e. The number of halogens is 1. The van der Waals surface area contributed by atoms with Crippen LogP contribution >= 0.6 is 12.4 Å². The molecule has 90 valence electrons. The van der Waals surface area contributed by atoms with Crippen molar-refractivity contribution in [1.29, 1.82) is 0 Å². The molecule has 16 heavy (non-hydrogen) atoms. The first-order valence-corrected chi connectivity index (χ1v) is 4.97. The highest BCUT2D eigenvalue weighted by molar-refractivity contribution is 5.85. The van der Waals surface area contributed by atoms with Crippen LogP contribution in [0.5, 0.6) is 11.5 Å². The predicted molar refractivity (Wildman–Crippen MR) is 66.7 cm³/mol. The van der Waals surface area contributed by atoms with E-state index in [9.17, 15) is 0 Å². The molecule has 0 spiro atoms. The van der Waals surface area contributed by atoms with E-state index in [1.54, 1.807) is 18.2 Å². The summed E-state index contributed by atoms with van der Waals surface area (Å²) >= 11 is 0. The molecule has 1 aromatic carbocycles. The Labute approximate surface area is 110 Å². The summed E-state index contributed by atoms with van der Waals surface area (Å²) in [5, 5.41) is 2.59. The number of hydrogen-bond donors (Lipinski definition) is 1. The van der Waals surface area contributed by atoms with Crippen LogP contribution in [-0.4, -0.2) is 19.8 Å². The van der Waals surface area contributed by atoms with Crippen LogP contribution in [0.2, 0.25) is 0 Å². The number of hydrogen-bond acceptors (Lipinski definition) is 3. The van der Waals surface area contributed by atoms with Gasteiger partial charge in [0.15, 0.2) is 11.5 Å². The lowest BCUT2D eigenvalue weighted by Gasteiger charge is -2.13. The third-order valence-corrected chi connectivity index (χ3v) is 2.49. The van der Waals surface area contributed by atoms with Crippen LogP contribution in [0.3, 0.4) is 0 Å². The van der Waals surface area contributed by atoms with Crippen molar-refractivity contribution in [1.82, 2.24) is 5.32 Å². The van der Waals surface area contributed by atoms with Crippen molar-refractivity contribution < 1.29 is 16.3 Å². The van der Waals surface area contributed by atoms with E-state index in [1.165, 1.54) is 0 Å². The number of likely N-dealkylation sites (N-methyl/N-ethyl adjacent to an activating group) is 1. The van der Waals surface area contributed by atoms with Crippen molar-refractivity contribution in [3.05, 3.63) is 23.8 Å². The number of benzene rings is 1. The van der Waals surface area contributed by atoms with Crippen molar-refractivity contribution in [3.8, 4) is 11.5 Å². The first-order chi connectivity index (χ1) is 9.18. The Balaban J connectivity index is 0.00000220. The minimum Gasteiger partial charge on any atom is -0.454 e. The van der Waals surface area contributed by atoms with E-state index in [0.717, 1.165) is 5.56 Å². The van der Waals surface area contributed by atoms with Crippen LogP contribution in [0.15, 0.2) is 18.2 Å². The molecule has 0 aromatic heterocycles. The lowest BCUT2D eigenvalue weighted by molar-refractivity contribution is 0.174. The average molecular weight is 249 g/mol. The third kappa shape index (κ3) is 2.80. The summed E-state index contributed by atoms with van der Waals surface area (Å²) in [5.41, 5.74) is 0.869. The van der Waals surface area contributed by atoms with Crippen LogP contribution in [0.1, 0.15) is 25.8 Å². The topological polar surface area (TPSA) is 30.5 Å². The van der Waals surface area contributed by atoms with Crippen LogP contribution in [0.25, 0.3) is 0 Å². The van der Waals surface area contributed by atoms with Crippen molar-refractivity contribution in [3.63, 3.8) is 0 Å². The zero-order chi connectivity index (χ0) is 15.0. The van der Waals surface area contributed by atoms with Gasteiger partial charge in [-0.15, -0.1) is 12.4 Å². The fourth-order valence-corrected chi connectivity index (χ4v) is 1.54. The summed E-state index contributed by atoms with van der Waals surface area (Å²) in [6.45, 7) is -2.40. The zero-order valence-electron chi connectivity index (χ0n) is 13.9. The van der Waals surface area contributed by atoms with E-state index in [1.807, 2.05) is 6.92 Å². The highest BCUT2D eigenvalue weighted by atomic mass is 35.5. The average Bonchev–Trinajstić information content (AvgIpc) is 2.59. The van der Waals surface area contributed by atoms with Gasteiger partial charge in [0.05, 0.1) is 0 Å². The molecule has 4 heteroatoms. The van der Waals surface area contributed by atoms with Gasteiger partial charge in [0.1, 0.15) is 2.74 Å². The molecule has 0 saturated heterocycles. The van der Waals surface area contributed by atoms with Crippen molar-refractivity contribution in [2.24, 2.45) is 0 Å². The second-order valence-corrected chi connectivity index (χ2v) is 3.52. The summed E-state index contributed by atoms with van der Waals surface area (Å²) in [4.78, 5) is 0. The molecule has 1 N–H and O–H groups in total. The molecule has 0 radical (unpaired) electrons. The fourth-order valence-electron chi connectivity index (χ4n) is 1.54. The Bertz CT molecular complexity index is 495. The molecule has 1 aromatic rings. The molecule has 1 aliphatic rings. The summed E-state index contributed by atoms with van der Waals surface area (Å²) < 4.78 is 46.4. The Morgan fingerprint density at radius 1 is 1.50 bits per heavy atom. The Morgan fingerprint density at radius 3 is 3.06 bits per heavy atom. The van der Waals surface area contributed by atoms with Gasteiger partial charge in [0.25, 0.3) is 0 Å². The molecular formula is C12H18ClNO2. The molecule has 1 heterocycles. The first-order valence-electron chi connectivity index (χ1n) is 7.47. The van der Waals surface area contributed by atoms with E-state index < -0.39 is 13.7 Å². The summed E-state index contributed by atoms with van der Waals surface area (Å²) in [6.07, 6.45) is 1.20. The standard InChI is InChI=1S/C12H17NO2.ClH/c1-3-10(13-2)6-9-4-5-11-12(7-9)15-8-14-11;/h4-5,7,10,13H,3,6,8H2,1-2H3;1H/t10-;/m0./s1/i2D3,8D2;. The molecule has 0 aliphatic carbocycles. The number of fused-ring (bicyclic) bond motifs is 1. The third-order valence-electron chi connectivity index (χ3n) is 2.49. The smallest absolute Gasteiger partial charge is 0.231 e. The minimum absolute atomic E-state index is 0. The van der Waals surface area contributed by atoms with Gasteiger partial charge in [0, 0.05) is 10.2 Å². The molecular weight excluding hydrogens is 226 g/mol. The van der Waals surface area contributed by atoms with Gasteiger partial charge in [-0.2, -0.15) is 0 Å². The van der Waals surface area contributed by atoms with Crippen LogP contribution in [0.4, 0.5) is 0 Å². The summed E-state index contributed by atoms with van der Waals surface area (Å²) in [6, 6.07) is 4.93. The van der Waals surface area contributed by atoms with Crippen LogP contribution < -0.4 is 14.8 Å². The predicted octanol–water partition coefficient (Wildman–Crippen LogP) is 2.38. The van der Waals surface area contributed by atoms with Gasteiger partial charge in [0.2, 0.25) is 6.75 Å². The van der Waals surface area contributed by atoms with Crippen molar-refractivity contribution in [2.75, 3.05) is 13.7 Å². The van der Waals surface area contributed by atoms with Gasteiger partial charge < -0.3 is 14.8 Å². The second-order valence-electron chi connectivity index (χ2n) is 3.52. The second kappa shape index (κ2) is 5.97. The Hall–Kier alpha value is -0.930. The maximum atomic E-state index is 7.37. The highest BCUT2D eigenvalue weighted by Crippen LogP contribution is 2.32. The van der Waals surface area contributed by atoms with Gasteiger partial charge >= 0.3 is 0 Å². The van der Waals surface area contributed by atoms with E-state index in [2.05, 4.69) is 5.32 Å². The van der Waals surface area contributed by atoms with E-state index in [0.29, 0.717) is 24.3 Å². The highest BCUT2D eigenvalue weighted by Gasteiger charge is 2.14. The van der Waals surface area contributed by atoms with Crippen molar-refractivity contribution >= 4 is 12.4 Å². The van der Waals surface area contributed by atoms with Crippen LogP contribution in [0, 0.1) is 0 Å². The minimum atomic E-state index is -2.17. The SMILES string of the molecule is Cl.[2H]C([2H])([2H])N[C@@H](CC)Cc1ccc2c(c1)OC([2H])([2H])O2. The Kier molecular flexibility index (Phi) is 2.76. The van der Waals surface area contributed by atoms with Crippen LogP contribution in [-0.2, 0) is 6.42 Å². The number of rotatable bonds is 4. The number of ether oxygens (including phenoxy) is 2. The molecule has 1 atom stereocenters. The monoisotopic (exact) mass is 248 g/mol. The van der Waals surface area contributed by atoms with Crippen molar-refractivity contribution in [2.45, 2.75) is 25.8 Å². The molecule has 0 unspecified atom stereocenters. The summed E-state index contributed by atoms with van der Waals surface area (Å²) in [7, 11) is 0. The summed E-state index contributed by atoms with van der Waals surface area (Å²) in [5.74, 6) is 0.701. The van der Waals surface area contributed by atoms with E-state index in [4.69, 9.17) is 16.3 Å².